The molecular weight excluding hydrogens is 166 g/mol. The van der Waals surface area contributed by atoms with E-state index in [2.05, 4.69) is 17.1 Å². The summed E-state index contributed by atoms with van der Waals surface area (Å²) in [4.78, 5) is 12.8. The summed E-state index contributed by atoms with van der Waals surface area (Å²) in [5, 5.41) is 3.43. The summed E-state index contributed by atoms with van der Waals surface area (Å²) in [5.74, 6) is -0.225. The molecule has 1 heterocycles. The molecular formula is C9H19N3O. The van der Waals surface area contributed by atoms with E-state index in [1.165, 1.54) is 12.8 Å². The summed E-state index contributed by atoms with van der Waals surface area (Å²) in [6.07, 6.45) is 2.36. The zero-order valence-corrected chi connectivity index (χ0v) is 8.25. The van der Waals surface area contributed by atoms with Crippen LogP contribution in [0.3, 0.4) is 0 Å². The number of amides is 1. The van der Waals surface area contributed by atoms with Crippen molar-refractivity contribution in [2.24, 2.45) is 5.73 Å². The summed E-state index contributed by atoms with van der Waals surface area (Å²) in [7, 11) is 0. The highest BCUT2D eigenvalue weighted by atomic mass is 16.1. The number of carbonyl (C=O) groups excluding carboxylic acids is 1. The molecule has 4 heteroatoms. The molecule has 1 aliphatic heterocycles. The second-order valence-corrected chi connectivity index (χ2v) is 3.64. The van der Waals surface area contributed by atoms with Gasteiger partial charge in [0.05, 0.1) is 6.54 Å². The predicted octanol–water partition coefficient (Wildman–Crippen LogP) is -0.454. The summed E-state index contributed by atoms with van der Waals surface area (Å²) in [6.45, 7) is 5.44. The third-order valence-electron chi connectivity index (χ3n) is 2.36. The van der Waals surface area contributed by atoms with Crippen molar-refractivity contribution in [1.29, 1.82) is 0 Å². The lowest BCUT2D eigenvalue weighted by Gasteiger charge is -2.32. The molecule has 0 aromatic heterocycles. The van der Waals surface area contributed by atoms with Crippen molar-refractivity contribution in [3.63, 3.8) is 0 Å². The number of hydrogen-bond acceptors (Lipinski definition) is 3. The van der Waals surface area contributed by atoms with Gasteiger partial charge in [0, 0.05) is 25.7 Å². The largest absolute Gasteiger partial charge is 0.369 e. The van der Waals surface area contributed by atoms with E-state index in [0.29, 0.717) is 12.6 Å². The third-order valence-corrected chi connectivity index (χ3v) is 2.36. The van der Waals surface area contributed by atoms with Gasteiger partial charge in [0.2, 0.25) is 5.91 Å². The Bertz CT molecular complexity index is 170. The second kappa shape index (κ2) is 5.19. The third kappa shape index (κ3) is 3.74. The van der Waals surface area contributed by atoms with Crippen molar-refractivity contribution >= 4 is 5.91 Å². The minimum absolute atomic E-state index is 0.225. The Morgan fingerprint density at radius 2 is 2.46 bits per heavy atom. The van der Waals surface area contributed by atoms with Crippen LogP contribution in [0.2, 0.25) is 0 Å². The van der Waals surface area contributed by atoms with Gasteiger partial charge >= 0.3 is 0 Å². The molecule has 1 unspecified atom stereocenters. The van der Waals surface area contributed by atoms with Crippen LogP contribution in [-0.4, -0.2) is 43.0 Å². The molecule has 0 bridgehead atoms. The van der Waals surface area contributed by atoms with Gasteiger partial charge in [-0.3, -0.25) is 9.69 Å². The average Bonchev–Trinajstić information content (AvgIpc) is 2.04. The standard InChI is InChI=1S/C9H19N3O/c1-2-3-8-6-12(5-4-11-8)7-9(10)13/h8,11H,2-7H2,1H3,(H2,10,13). The Hall–Kier alpha value is -0.610. The molecule has 3 N–H and O–H groups in total. The van der Waals surface area contributed by atoms with Crippen LogP contribution >= 0.6 is 0 Å². The molecule has 13 heavy (non-hydrogen) atoms. The van der Waals surface area contributed by atoms with Gasteiger partial charge in [0.15, 0.2) is 0 Å². The van der Waals surface area contributed by atoms with E-state index < -0.39 is 0 Å². The van der Waals surface area contributed by atoms with Crippen molar-refractivity contribution in [2.75, 3.05) is 26.2 Å². The van der Waals surface area contributed by atoms with Crippen molar-refractivity contribution in [2.45, 2.75) is 25.8 Å². The van der Waals surface area contributed by atoms with Gasteiger partial charge in [-0.2, -0.15) is 0 Å². The fourth-order valence-corrected chi connectivity index (χ4v) is 1.80. The van der Waals surface area contributed by atoms with Gasteiger partial charge in [-0.05, 0) is 6.42 Å². The maximum absolute atomic E-state index is 10.7. The fraction of sp³-hybridized carbons (Fsp3) is 0.889. The normalized spacial score (nSPS) is 24.5. The Morgan fingerprint density at radius 1 is 1.69 bits per heavy atom. The first-order valence-electron chi connectivity index (χ1n) is 4.96. The highest BCUT2D eigenvalue weighted by Crippen LogP contribution is 2.03. The zero-order valence-electron chi connectivity index (χ0n) is 8.25. The molecule has 0 saturated carbocycles. The van der Waals surface area contributed by atoms with Gasteiger partial charge in [0.1, 0.15) is 0 Å². The maximum atomic E-state index is 10.7. The van der Waals surface area contributed by atoms with Crippen LogP contribution in [0, 0.1) is 0 Å². The van der Waals surface area contributed by atoms with Crippen molar-refractivity contribution in [3.8, 4) is 0 Å². The molecule has 76 valence electrons. The zero-order chi connectivity index (χ0) is 9.68. The number of piperazine rings is 1. The van der Waals surface area contributed by atoms with E-state index in [9.17, 15) is 4.79 Å². The van der Waals surface area contributed by atoms with Crippen LogP contribution in [0.4, 0.5) is 0 Å². The molecule has 1 rings (SSSR count). The lowest BCUT2D eigenvalue weighted by molar-refractivity contribution is -0.119. The first-order valence-corrected chi connectivity index (χ1v) is 4.96. The Balaban J connectivity index is 2.28. The molecule has 4 nitrogen and oxygen atoms in total. The van der Waals surface area contributed by atoms with Gasteiger partial charge in [0.25, 0.3) is 0 Å². The summed E-state index contributed by atoms with van der Waals surface area (Å²) in [5.41, 5.74) is 5.14. The Morgan fingerprint density at radius 3 is 3.08 bits per heavy atom. The van der Waals surface area contributed by atoms with Gasteiger partial charge in [-0.1, -0.05) is 13.3 Å². The number of nitrogens with zero attached hydrogens (tertiary/aromatic N) is 1. The minimum atomic E-state index is -0.225. The smallest absolute Gasteiger partial charge is 0.231 e. The molecule has 1 saturated heterocycles. The molecule has 0 aromatic carbocycles. The van der Waals surface area contributed by atoms with Crippen molar-refractivity contribution < 1.29 is 4.79 Å². The second-order valence-electron chi connectivity index (χ2n) is 3.64. The van der Waals surface area contributed by atoms with E-state index in [1.54, 1.807) is 0 Å². The predicted molar refractivity (Wildman–Crippen MR) is 52.3 cm³/mol. The number of rotatable bonds is 4. The Kier molecular flexibility index (Phi) is 4.18. The Labute approximate surface area is 79.5 Å². The molecule has 1 amide bonds. The molecule has 1 aliphatic rings. The molecule has 1 fully saturated rings. The molecule has 0 aromatic rings. The van der Waals surface area contributed by atoms with E-state index in [-0.39, 0.29) is 5.91 Å². The van der Waals surface area contributed by atoms with Crippen LogP contribution in [0.15, 0.2) is 0 Å². The van der Waals surface area contributed by atoms with Gasteiger partial charge in [-0.25, -0.2) is 0 Å². The van der Waals surface area contributed by atoms with E-state index in [1.807, 2.05) is 0 Å². The van der Waals surface area contributed by atoms with Crippen molar-refractivity contribution in [1.82, 2.24) is 10.2 Å². The topological polar surface area (TPSA) is 58.4 Å². The van der Waals surface area contributed by atoms with Crippen LogP contribution in [0.25, 0.3) is 0 Å². The van der Waals surface area contributed by atoms with Crippen LogP contribution in [0.1, 0.15) is 19.8 Å². The average molecular weight is 185 g/mol. The van der Waals surface area contributed by atoms with E-state index in [4.69, 9.17) is 5.73 Å². The number of nitrogens with one attached hydrogen (secondary N) is 1. The van der Waals surface area contributed by atoms with Crippen LogP contribution in [0.5, 0.6) is 0 Å². The number of carbonyl (C=O) groups is 1. The maximum Gasteiger partial charge on any atom is 0.231 e. The number of nitrogens with two attached hydrogens (primary N) is 1. The first-order chi connectivity index (χ1) is 6.22. The van der Waals surface area contributed by atoms with Crippen LogP contribution in [-0.2, 0) is 4.79 Å². The lowest BCUT2D eigenvalue weighted by Crippen LogP contribution is -2.52. The first kappa shape index (κ1) is 10.5. The molecule has 0 spiro atoms. The fourth-order valence-electron chi connectivity index (χ4n) is 1.80. The van der Waals surface area contributed by atoms with E-state index in [0.717, 1.165) is 19.6 Å². The van der Waals surface area contributed by atoms with Crippen LogP contribution < -0.4 is 11.1 Å². The number of hydrogen-bond donors (Lipinski definition) is 2. The number of primary amides is 1. The highest BCUT2D eigenvalue weighted by Gasteiger charge is 2.18. The summed E-state index contributed by atoms with van der Waals surface area (Å²) < 4.78 is 0. The molecule has 0 aliphatic carbocycles. The van der Waals surface area contributed by atoms with E-state index >= 15 is 0 Å². The summed E-state index contributed by atoms with van der Waals surface area (Å²) >= 11 is 0. The van der Waals surface area contributed by atoms with Gasteiger partial charge < -0.3 is 11.1 Å². The SMILES string of the molecule is CCCC1CN(CC(N)=O)CCN1. The highest BCUT2D eigenvalue weighted by molar-refractivity contribution is 5.75. The quantitative estimate of drug-likeness (QED) is 0.623. The molecule has 1 atom stereocenters. The monoisotopic (exact) mass is 185 g/mol. The minimum Gasteiger partial charge on any atom is -0.369 e. The molecule has 0 radical (unpaired) electrons. The van der Waals surface area contributed by atoms with Gasteiger partial charge in [-0.15, -0.1) is 0 Å². The summed E-state index contributed by atoms with van der Waals surface area (Å²) in [6, 6.07) is 0.540. The van der Waals surface area contributed by atoms with Crippen molar-refractivity contribution in [3.05, 3.63) is 0 Å². The lowest BCUT2D eigenvalue weighted by atomic mass is 10.1.